The van der Waals surface area contributed by atoms with Gasteiger partial charge in [-0.1, -0.05) is 19.0 Å². The Hall–Kier alpha value is -3.56. The molecule has 2 amide bonds. The number of anilines is 2. The third-order valence-electron chi connectivity index (χ3n) is 4.44. The normalized spacial score (nSPS) is 12.0. The number of rotatable bonds is 9. The van der Waals surface area contributed by atoms with Crippen molar-refractivity contribution in [2.45, 2.75) is 52.0 Å². The van der Waals surface area contributed by atoms with Crippen LogP contribution in [-0.4, -0.2) is 36.7 Å². The number of nitrogens with one attached hydrogen (secondary N) is 2. The van der Waals surface area contributed by atoms with Gasteiger partial charge in [0.05, 0.1) is 0 Å². The van der Waals surface area contributed by atoms with Crippen LogP contribution in [0.2, 0.25) is 0 Å². The quantitative estimate of drug-likeness (QED) is 0.554. The van der Waals surface area contributed by atoms with E-state index in [1.54, 1.807) is 31.2 Å². The lowest BCUT2D eigenvalue weighted by Crippen LogP contribution is -2.24. The van der Waals surface area contributed by atoms with E-state index in [0.717, 1.165) is 0 Å². The lowest BCUT2D eigenvalue weighted by molar-refractivity contribution is -0.119. The van der Waals surface area contributed by atoms with Gasteiger partial charge in [-0.05, 0) is 37.6 Å². The van der Waals surface area contributed by atoms with Crippen molar-refractivity contribution in [1.82, 2.24) is 24.9 Å². The highest BCUT2D eigenvalue weighted by Gasteiger charge is 2.15. The largest absolute Gasteiger partial charge is 0.339 e. The molecule has 10 heteroatoms. The maximum atomic E-state index is 12.3. The van der Waals surface area contributed by atoms with E-state index in [-0.39, 0.29) is 17.7 Å². The van der Waals surface area contributed by atoms with Gasteiger partial charge in [0, 0.05) is 30.1 Å². The van der Waals surface area contributed by atoms with E-state index in [2.05, 4.69) is 30.9 Å². The standard InChI is InChI=1S/C20H25N7O3/c1-13(2)19-25-18(30-26-19)6-4-5-17(28)23-15-7-9-16(10-8-15)24-20(29)14(3)27-12-21-11-22-27/h7-14H,4-6H2,1-3H3,(H,23,28)(H,24,29). The van der Waals surface area contributed by atoms with Crippen molar-refractivity contribution in [2.75, 3.05) is 10.6 Å². The Bertz CT molecular complexity index is 965. The number of benzene rings is 1. The Kier molecular flexibility index (Phi) is 6.89. The molecule has 0 aliphatic rings. The first kappa shape index (κ1) is 21.2. The third kappa shape index (κ3) is 5.72. The molecule has 1 atom stereocenters. The van der Waals surface area contributed by atoms with Gasteiger partial charge in [-0.2, -0.15) is 10.1 Å². The van der Waals surface area contributed by atoms with E-state index in [4.69, 9.17) is 4.52 Å². The van der Waals surface area contributed by atoms with E-state index < -0.39 is 6.04 Å². The Morgan fingerprint density at radius 2 is 1.80 bits per heavy atom. The molecule has 2 aromatic heterocycles. The van der Waals surface area contributed by atoms with Crippen molar-refractivity contribution in [1.29, 1.82) is 0 Å². The molecule has 0 bridgehead atoms. The molecule has 158 valence electrons. The van der Waals surface area contributed by atoms with Crippen molar-refractivity contribution in [3.63, 3.8) is 0 Å². The first-order chi connectivity index (χ1) is 14.4. The summed E-state index contributed by atoms with van der Waals surface area (Å²) in [6.07, 6.45) is 4.38. The number of hydrogen-bond donors (Lipinski definition) is 2. The highest BCUT2D eigenvalue weighted by atomic mass is 16.5. The van der Waals surface area contributed by atoms with Gasteiger partial charge in [-0.25, -0.2) is 9.67 Å². The van der Waals surface area contributed by atoms with Crippen LogP contribution in [0.1, 0.15) is 57.3 Å². The molecule has 0 aliphatic carbocycles. The molecule has 2 heterocycles. The average molecular weight is 411 g/mol. The van der Waals surface area contributed by atoms with E-state index in [1.165, 1.54) is 17.3 Å². The topological polar surface area (TPSA) is 128 Å². The van der Waals surface area contributed by atoms with Gasteiger partial charge < -0.3 is 15.2 Å². The maximum absolute atomic E-state index is 12.3. The number of hydrogen-bond acceptors (Lipinski definition) is 7. The Balaban J connectivity index is 1.43. The number of amides is 2. The summed E-state index contributed by atoms with van der Waals surface area (Å²) in [5, 5.41) is 13.5. The van der Waals surface area contributed by atoms with E-state index in [1.807, 2.05) is 13.8 Å². The molecule has 1 unspecified atom stereocenters. The minimum absolute atomic E-state index is 0.102. The lowest BCUT2D eigenvalue weighted by atomic mass is 10.2. The number of aromatic nitrogens is 5. The SMILES string of the molecule is CC(C)c1noc(CCCC(=O)Nc2ccc(NC(=O)C(C)n3cncn3)cc2)n1. The monoisotopic (exact) mass is 411 g/mol. The molecule has 0 spiro atoms. The van der Waals surface area contributed by atoms with Crippen LogP contribution in [0.25, 0.3) is 0 Å². The molecular formula is C20H25N7O3. The molecule has 0 saturated carbocycles. The number of aryl methyl sites for hydroxylation is 1. The summed E-state index contributed by atoms with van der Waals surface area (Å²) in [6.45, 7) is 5.73. The molecule has 1 aromatic carbocycles. The van der Waals surface area contributed by atoms with Crippen molar-refractivity contribution < 1.29 is 14.1 Å². The zero-order valence-electron chi connectivity index (χ0n) is 17.2. The zero-order chi connectivity index (χ0) is 21.5. The smallest absolute Gasteiger partial charge is 0.249 e. The lowest BCUT2D eigenvalue weighted by Gasteiger charge is -2.12. The first-order valence-electron chi connectivity index (χ1n) is 9.79. The molecule has 0 radical (unpaired) electrons. The highest BCUT2D eigenvalue weighted by Crippen LogP contribution is 2.16. The molecular weight excluding hydrogens is 386 g/mol. The van der Waals surface area contributed by atoms with E-state index in [0.29, 0.717) is 42.4 Å². The molecule has 3 aromatic rings. The van der Waals surface area contributed by atoms with Crippen LogP contribution in [0, 0.1) is 0 Å². The van der Waals surface area contributed by atoms with Gasteiger partial charge in [-0.3, -0.25) is 9.59 Å². The van der Waals surface area contributed by atoms with Crippen LogP contribution >= 0.6 is 0 Å². The average Bonchev–Trinajstić information content (AvgIpc) is 3.41. The van der Waals surface area contributed by atoms with Gasteiger partial charge >= 0.3 is 0 Å². The van der Waals surface area contributed by atoms with Crippen LogP contribution in [0.3, 0.4) is 0 Å². The van der Waals surface area contributed by atoms with Crippen LogP contribution in [0.5, 0.6) is 0 Å². The molecule has 0 saturated heterocycles. The maximum Gasteiger partial charge on any atom is 0.249 e. The predicted octanol–water partition coefficient (Wildman–Crippen LogP) is 2.95. The van der Waals surface area contributed by atoms with Gasteiger partial charge in [0.15, 0.2) is 5.82 Å². The summed E-state index contributed by atoms with van der Waals surface area (Å²) in [7, 11) is 0. The summed E-state index contributed by atoms with van der Waals surface area (Å²) in [4.78, 5) is 32.5. The van der Waals surface area contributed by atoms with Crippen LogP contribution in [0.15, 0.2) is 41.4 Å². The third-order valence-corrected chi connectivity index (χ3v) is 4.44. The van der Waals surface area contributed by atoms with Gasteiger partial charge in [0.25, 0.3) is 0 Å². The fourth-order valence-electron chi connectivity index (χ4n) is 2.65. The summed E-state index contributed by atoms with van der Waals surface area (Å²) in [5.74, 6) is 1.13. The summed E-state index contributed by atoms with van der Waals surface area (Å²) in [5.41, 5.74) is 1.28. The highest BCUT2D eigenvalue weighted by molar-refractivity contribution is 5.94. The Labute approximate surface area is 174 Å². The second kappa shape index (κ2) is 9.77. The van der Waals surface area contributed by atoms with Crippen molar-refractivity contribution >= 4 is 23.2 Å². The van der Waals surface area contributed by atoms with Crippen molar-refractivity contribution in [2.24, 2.45) is 0 Å². The molecule has 3 rings (SSSR count). The van der Waals surface area contributed by atoms with Gasteiger partial charge in [0.2, 0.25) is 17.7 Å². The molecule has 0 fully saturated rings. The van der Waals surface area contributed by atoms with Gasteiger partial charge in [0.1, 0.15) is 18.7 Å². The first-order valence-corrected chi connectivity index (χ1v) is 9.79. The second-order valence-electron chi connectivity index (χ2n) is 7.22. The molecule has 30 heavy (non-hydrogen) atoms. The van der Waals surface area contributed by atoms with Crippen LogP contribution in [0.4, 0.5) is 11.4 Å². The minimum atomic E-state index is -0.484. The summed E-state index contributed by atoms with van der Waals surface area (Å²) >= 11 is 0. The van der Waals surface area contributed by atoms with Crippen molar-refractivity contribution in [3.8, 4) is 0 Å². The number of carbonyl (C=O) groups is 2. The van der Waals surface area contributed by atoms with Crippen molar-refractivity contribution in [3.05, 3.63) is 48.6 Å². The Morgan fingerprint density at radius 3 is 2.40 bits per heavy atom. The summed E-state index contributed by atoms with van der Waals surface area (Å²) in [6, 6.07) is 6.45. The van der Waals surface area contributed by atoms with Crippen LogP contribution < -0.4 is 10.6 Å². The zero-order valence-corrected chi connectivity index (χ0v) is 17.2. The number of carbonyl (C=O) groups excluding carboxylic acids is 2. The molecule has 10 nitrogen and oxygen atoms in total. The Morgan fingerprint density at radius 1 is 1.10 bits per heavy atom. The van der Waals surface area contributed by atoms with E-state index in [9.17, 15) is 9.59 Å². The van der Waals surface area contributed by atoms with E-state index >= 15 is 0 Å². The fourth-order valence-corrected chi connectivity index (χ4v) is 2.65. The fraction of sp³-hybridized carbons (Fsp3) is 0.400. The van der Waals surface area contributed by atoms with Gasteiger partial charge in [-0.15, -0.1) is 0 Å². The second-order valence-corrected chi connectivity index (χ2v) is 7.22. The summed E-state index contributed by atoms with van der Waals surface area (Å²) < 4.78 is 6.65. The minimum Gasteiger partial charge on any atom is -0.339 e. The number of nitrogens with zero attached hydrogens (tertiary/aromatic N) is 5. The van der Waals surface area contributed by atoms with Crippen LogP contribution in [-0.2, 0) is 16.0 Å². The molecule has 2 N–H and O–H groups in total. The predicted molar refractivity (Wildman–Crippen MR) is 110 cm³/mol. The molecule has 0 aliphatic heterocycles.